The minimum Gasteiger partial charge on any atom is -0.507 e. The first kappa shape index (κ1) is 20.1. The molecule has 1 aliphatic rings. The van der Waals surface area contributed by atoms with Crippen molar-refractivity contribution in [3.8, 4) is 17.1 Å². The van der Waals surface area contributed by atoms with E-state index in [1.807, 2.05) is 36.4 Å². The van der Waals surface area contributed by atoms with Crippen molar-refractivity contribution in [3.63, 3.8) is 0 Å². The molecule has 1 aromatic heterocycles. The number of piperidine rings is 1. The quantitative estimate of drug-likeness (QED) is 0.610. The first-order valence-corrected chi connectivity index (χ1v) is 10.2. The summed E-state index contributed by atoms with van der Waals surface area (Å²) in [4.78, 5) is 23.7. The summed E-state index contributed by atoms with van der Waals surface area (Å²) in [5, 5.41) is 24.0. The summed E-state index contributed by atoms with van der Waals surface area (Å²) in [6.07, 6.45) is 1.51. The number of hydrogen-bond donors (Lipinski definition) is 3. The van der Waals surface area contributed by atoms with Crippen LogP contribution >= 0.6 is 0 Å². The highest BCUT2D eigenvalue weighted by molar-refractivity contribution is 5.91. The summed E-state index contributed by atoms with van der Waals surface area (Å²) >= 11 is 0. The van der Waals surface area contributed by atoms with Crippen LogP contribution in [-0.2, 0) is 4.79 Å². The molecule has 2 aromatic carbocycles. The van der Waals surface area contributed by atoms with Crippen LogP contribution in [0.3, 0.4) is 0 Å². The van der Waals surface area contributed by atoms with Crippen LogP contribution in [0, 0.1) is 0 Å². The smallest absolute Gasteiger partial charge is 0.251 e. The third kappa shape index (κ3) is 4.07. The van der Waals surface area contributed by atoms with Gasteiger partial charge in [0.2, 0.25) is 0 Å². The zero-order valence-corrected chi connectivity index (χ0v) is 17.2. The molecular weight excluding hydrogens is 380 g/mol. The Morgan fingerprint density at radius 1 is 1.10 bits per heavy atom. The fourth-order valence-electron chi connectivity index (χ4n) is 3.68. The number of amides is 1. The zero-order valence-electron chi connectivity index (χ0n) is 17.2. The van der Waals surface area contributed by atoms with Crippen molar-refractivity contribution < 1.29 is 17.9 Å². The van der Waals surface area contributed by atoms with E-state index in [1.165, 1.54) is 13.8 Å². The summed E-state index contributed by atoms with van der Waals surface area (Å²) in [5.41, 5.74) is 0.0297. The van der Waals surface area contributed by atoms with Gasteiger partial charge in [0, 0.05) is 27.4 Å². The van der Waals surface area contributed by atoms with E-state index in [4.69, 9.17) is 4.98 Å². The molecule has 0 saturated carbocycles. The van der Waals surface area contributed by atoms with E-state index in [0.717, 1.165) is 42.7 Å². The third-order valence-electron chi connectivity index (χ3n) is 5.41. The monoisotopic (exact) mass is 410 g/mol. The van der Waals surface area contributed by atoms with Crippen molar-refractivity contribution >= 4 is 22.6 Å². The number of phenolic OH excluding ortho intramolecular Hbond substituents is 1. The van der Waals surface area contributed by atoms with E-state index in [0.29, 0.717) is 11.4 Å². The molecule has 0 spiro atoms. The predicted molar refractivity (Wildman–Crippen MR) is 121 cm³/mol. The normalized spacial score (nSPS) is 15.4. The lowest BCUT2D eigenvalue weighted by Gasteiger charge is -2.34. The van der Waals surface area contributed by atoms with E-state index in [2.05, 4.69) is 15.2 Å². The highest BCUT2D eigenvalue weighted by Gasteiger charge is 2.29. The number of hydrogen-bond acceptors (Lipinski definition) is 6. The minimum absolute atomic E-state index is 0. The van der Waals surface area contributed by atoms with Crippen LogP contribution in [0.1, 0.15) is 29.5 Å². The summed E-state index contributed by atoms with van der Waals surface area (Å²) in [6, 6.07) is 14.9. The molecule has 2 heterocycles. The van der Waals surface area contributed by atoms with Crippen LogP contribution in [0.25, 0.3) is 22.3 Å². The van der Waals surface area contributed by atoms with Gasteiger partial charge in [-0.1, -0.05) is 24.3 Å². The molecule has 0 aliphatic carbocycles. The van der Waals surface area contributed by atoms with Gasteiger partial charge >= 0.3 is 0 Å². The standard InChI is InChI=1S/C23H26N4O3.2H2/c1-23(2,30)22(29)24-15-11-13-27(14-12-15)21-16-7-3-5-9-18(16)25-20(26-21)17-8-4-6-10-19(17)28;;/h3-10,15,28,30H,11-14H2,1-2H3,(H,24,29);2*1H. The fraction of sp³-hybridized carbons (Fsp3) is 0.348. The van der Waals surface area contributed by atoms with Crippen LogP contribution in [0.15, 0.2) is 48.5 Å². The number of aliphatic hydroxyl groups is 1. The van der Waals surface area contributed by atoms with Crippen LogP contribution in [-0.4, -0.2) is 50.8 Å². The largest absolute Gasteiger partial charge is 0.507 e. The third-order valence-corrected chi connectivity index (χ3v) is 5.41. The van der Waals surface area contributed by atoms with Crippen molar-refractivity contribution in [2.24, 2.45) is 0 Å². The molecule has 1 fully saturated rings. The molecule has 0 atom stereocenters. The van der Waals surface area contributed by atoms with Crippen molar-refractivity contribution in [3.05, 3.63) is 48.5 Å². The second-order valence-electron chi connectivity index (χ2n) is 8.20. The Balaban J connectivity index is 0.00000181. The van der Waals surface area contributed by atoms with Crippen LogP contribution in [0.5, 0.6) is 5.75 Å². The molecule has 3 aromatic rings. The Kier molecular flexibility index (Phi) is 5.30. The number of carbonyl (C=O) groups is 1. The van der Waals surface area contributed by atoms with Gasteiger partial charge in [0.25, 0.3) is 5.91 Å². The average molecular weight is 411 g/mol. The van der Waals surface area contributed by atoms with Crippen molar-refractivity contribution in [2.75, 3.05) is 18.0 Å². The summed E-state index contributed by atoms with van der Waals surface area (Å²) in [5.74, 6) is 1.10. The van der Waals surface area contributed by atoms with E-state index in [-0.39, 0.29) is 20.6 Å². The summed E-state index contributed by atoms with van der Waals surface area (Å²) in [7, 11) is 0. The number of benzene rings is 2. The van der Waals surface area contributed by atoms with Gasteiger partial charge in [-0.2, -0.15) is 0 Å². The molecular formula is C23H30N4O3. The number of carbonyl (C=O) groups excluding carboxylic acids is 1. The number of rotatable bonds is 4. The number of fused-ring (bicyclic) bond motifs is 1. The van der Waals surface area contributed by atoms with E-state index in [1.54, 1.807) is 12.1 Å². The molecule has 0 radical (unpaired) electrons. The molecule has 0 unspecified atom stereocenters. The molecule has 4 rings (SSSR count). The number of phenols is 1. The van der Waals surface area contributed by atoms with Gasteiger partial charge in [0.05, 0.1) is 11.1 Å². The Labute approximate surface area is 178 Å². The van der Waals surface area contributed by atoms with Gasteiger partial charge in [0.1, 0.15) is 17.2 Å². The summed E-state index contributed by atoms with van der Waals surface area (Å²) < 4.78 is 0. The SMILES string of the molecule is CC(C)(O)C(=O)NC1CCN(c2nc(-c3ccccc3O)nc3ccccc23)CC1.[HH].[HH]. The van der Waals surface area contributed by atoms with Gasteiger partial charge < -0.3 is 20.4 Å². The van der Waals surface area contributed by atoms with Crippen molar-refractivity contribution in [1.82, 2.24) is 15.3 Å². The highest BCUT2D eigenvalue weighted by atomic mass is 16.3. The van der Waals surface area contributed by atoms with Gasteiger partial charge in [-0.3, -0.25) is 4.79 Å². The van der Waals surface area contributed by atoms with Crippen LogP contribution in [0.4, 0.5) is 5.82 Å². The summed E-state index contributed by atoms with van der Waals surface area (Å²) in [6.45, 7) is 4.42. The molecule has 0 bridgehead atoms. The van der Waals surface area contributed by atoms with Gasteiger partial charge in [-0.05, 0) is 51.0 Å². The zero-order chi connectivity index (χ0) is 21.3. The second-order valence-corrected chi connectivity index (χ2v) is 8.20. The Morgan fingerprint density at radius 2 is 1.77 bits per heavy atom. The minimum atomic E-state index is -1.38. The lowest BCUT2D eigenvalue weighted by Crippen LogP contribution is -2.50. The predicted octanol–water partition coefficient (Wildman–Crippen LogP) is 3.35. The molecule has 3 N–H and O–H groups in total. The lowest BCUT2D eigenvalue weighted by atomic mass is 10.0. The maximum absolute atomic E-state index is 12.1. The molecule has 30 heavy (non-hydrogen) atoms. The first-order valence-electron chi connectivity index (χ1n) is 10.2. The molecule has 7 nitrogen and oxygen atoms in total. The van der Waals surface area contributed by atoms with Crippen molar-refractivity contribution in [2.45, 2.75) is 38.3 Å². The number of para-hydroxylation sites is 2. The van der Waals surface area contributed by atoms with Gasteiger partial charge in [-0.25, -0.2) is 9.97 Å². The number of nitrogens with one attached hydrogen (secondary N) is 1. The molecule has 160 valence electrons. The number of nitrogens with zero attached hydrogens (tertiary/aromatic N) is 3. The topological polar surface area (TPSA) is 98.6 Å². The number of aromatic hydroxyl groups is 1. The fourth-order valence-corrected chi connectivity index (χ4v) is 3.68. The maximum Gasteiger partial charge on any atom is 0.251 e. The van der Waals surface area contributed by atoms with Crippen LogP contribution in [0.2, 0.25) is 0 Å². The second kappa shape index (κ2) is 7.91. The van der Waals surface area contributed by atoms with Crippen LogP contribution < -0.4 is 10.2 Å². The Bertz CT molecular complexity index is 1080. The van der Waals surface area contributed by atoms with E-state index >= 15 is 0 Å². The average Bonchev–Trinajstić information content (AvgIpc) is 2.73. The Hall–Kier alpha value is -3.19. The Morgan fingerprint density at radius 3 is 2.47 bits per heavy atom. The van der Waals surface area contributed by atoms with E-state index in [9.17, 15) is 15.0 Å². The first-order chi connectivity index (χ1) is 14.3. The molecule has 7 heteroatoms. The maximum atomic E-state index is 12.1. The lowest BCUT2D eigenvalue weighted by molar-refractivity contribution is -0.137. The molecule has 1 amide bonds. The van der Waals surface area contributed by atoms with E-state index < -0.39 is 5.60 Å². The number of aromatic nitrogens is 2. The highest BCUT2D eigenvalue weighted by Crippen LogP contribution is 2.32. The molecule has 1 saturated heterocycles. The van der Waals surface area contributed by atoms with Gasteiger partial charge in [-0.15, -0.1) is 0 Å². The molecule has 1 aliphatic heterocycles. The van der Waals surface area contributed by atoms with Gasteiger partial charge in [0.15, 0.2) is 5.82 Å². The number of anilines is 1. The van der Waals surface area contributed by atoms with Crippen molar-refractivity contribution in [1.29, 1.82) is 0 Å².